The molecule has 0 aliphatic carbocycles. The van der Waals surface area contributed by atoms with E-state index in [1.165, 1.54) is 32.1 Å². The standard InChI is InChI=1S/C19H31N3O/c1-2-3-4-5-6-7-16-23-18-10-8-17(9-11-18)19-21-13-15-22(19)14-12-20/h8-11H,2-7,12-16,20H2,1H3. The van der Waals surface area contributed by atoms with Crippen LogP contribution in [0.25, 0.3) is 0 Å². The summed E-state index contributed by atoms with van der Waals surface area (Å²) in [4.78, 5) is 6.85. The third-order valence-electron chi connectivity index (χ3n) is 4.21. The summed E-state index contributed by atoms with van der Waals surface area (Å²) in [5.41, 5.74) is 6.82. The summed E-state index contributed by atoms with van der Waals surface area (Å²) < 4.78 is 5.83. The van der Waals surface area contributed by atoms with Gasteiger partial charge in [0.2, 0.25) is 0 Å². The number of nitrogens with zero attached hydrogens (tertiary/aromatic N) is 2. The average molecular weight is 317 g/mol. The van der Waals surface area contributed by atoms with Crippen LogP contribution in [0.2, 0.25) is 0 Å². The smallest absolute Gasteiger partial charge is 0.131 e. The van der Waals surface area contributed by atoms with E-state index in [-0.39, 0.29) is 0 Å². The van der Waals surface area contributed by atoms with Crippen molar-refractivity contribution in [1.82, 2.24) is 4.90 Å². The number of hydrogen-bond acceptors (Lipinski definition) is 4. The van der Waals surface area contributed by atoms with E-state index < -0.39 is 0 Å². The average Bonchev–Trinajstić information content (AvgIpc) is 3.03. The van der Waals surface area contributed by atoms with Crippen molar-refractivity contribution in [2.45, 2.75) is 45.4 Å². The van der Waals surface area contributed by atoms with E-state index in [0.29, 0.717) is 6.54 Å². The molecule has 1 aliphatic heterocycles. The Labute approximate surface area is 140 Å². The lowest BCUT2D eigenvalue weighted by atomic mass is 10.1. The molecule has 1 aromatic carbocycles. The third-order valence-corrected chi connectivity index (χ3v) is 4.21. The summed E-state index contributed by atoms with van der Waals surface area (Å²) in [5, 5.41) is 0. The van der Waals surface area contributed by atoms with Crippen molar-refractivity contribution < 1.29 is 4.74 Å². The molecule has 0 amide bonds. The quantitative estimate of drug-likeness (QED) is 0.636. The first-order valence-corrected chi connectivity index (χ1v) is 9.08. The number of aliphatic imine (C=N–C) groups is 1. The van der Waals surface area contributed by atoms with Gasteiger partial charge in [-0.3, -0.25) is 4.99 Å². The summed E-state index contributed by atoms with van der Waals surface area (Å²) in [7, 11) is 0. The molecule has 1 aromatic rings. The van der Waals surface area contributed by atoms with Crippen LogP contribution in [-0.2, 0) is 0 Å². The number of amidine groups is 1. The summed E-state index contributed by atoms with van der Waals surface area (Å²) in [6, 6.07) is 8.30. The molecule has 0 fully saturated rings. The van der Waals surface area contributed by atoms with Gasteiger partial charge in [0.15, 0.2) is 0 Å². The van der Waals surface area contributed by atoms with E-state index in [4.69, 9.17) is 10.5 Å². The molecule has 0 saturated carbocycles. The van der Waals surface area contributed by atoms with E-state index >= 15 is 0 Å². The van der Waals surface area contributed by atoms with Crippen LogP contribution < -0.4 is 10.5 Å². The minimum atomic E-state index is 0.665. The summed E-state index contributed by atoms with van der Waals surface area (Å²) in [6.07, 6.45) is 7.75. The molecule has 2 rings (SSSR count). The first kappa shape index (κ1) is 17.8. The molecule has 0 aromatic heterocycles. The Hall–Kier alpha value is -1.55. The molecule has 0 unspecified atom stereocenters. The van der Waals surface area contributed by atoms with E-state index in [1.807, 2.05) is 12.1 Å². The maximum Gasteiger partial charge on any atom is 0.131 e. The van der Waals surface area contributed by atoms with Crippen molar-refractivity contribution in [3.8, 4) is 5.75 Å². The Balaban J connectivity index is 1.72. The fourth-order valence-electron chi connectivity index (χ4n) is 2.90. The largest absolute Gasteiger partial charge is 0.494 e. The Bertz CT molecular complexity index is 470. The third kappa shape index (κ3) is 5.87. The van der Waals surface area contributed by atoms with Gasteiger partial charge >= 0.3 is 0 Å². The highest BCUT2D eigenvalue weighted by Crippen LogP contribution is 2.17. The Kier molecular flexibility index (Phi) is 7.95. The lowest BCUT2D eigenvalue weighted by Crippen LogP contribution is -2.33. The normalized spacial score (nSPS) is 14.2. The number of hydrogen-bond donors (Lipinski definition) is 1. The van der Waals surface area contributed by atoms with Crippen LogP contribution >= 0.6 is 0 Å². The zero-order valence-corrected chi connectivity index (χ0v) is 14.5. The van der Waals surface area contributed by atoms with E-state index in [1.54, 1.807) is 0 Å². The second kappa shape index (κ2) is 10.3. The molecule has 0 radical (unpaired) electrons. The fraction of sp³-hybridized carbons (Fsp3) is 0.632. The molecule has 0 saturated heterocycles. The molecule has 128 valence electrons. The fourth-order valence-corrected chi connectivity index (χ4v) is 2.90. The number of ether oxygens (including phenoxy) is 1. The van der Waals surface area contributed by atoms with Crippen LogP contribution in [0, 0.1) is 0 Å². The van der Waals surface area contributed by atoms with E-state index in [2.05, 4.69) is 28.9 Å². The van der Waals surface area contributed by atoms with Gasteiger partial charge in [-0.15, -0.1) is 0 Å². The van der Waals surface area contributed by atoms with Gasteiger partial charge in [0.25, 0.3) is 0 Å². The van der Waals surface area contributed by atoms with Gasteiger partial charge < -0.3 is 15.4 Å². The lowest BCUT2D eigenvalue weighted by Gasteiger charge is -2.19. The Morgan fingerprint density at radius 3 is 2.57 bits per heavy atom. The maximum absolute atomic E-state index is 5.83. The van der Waals surface area contributed by atoms with E-state index in [0.717, 1.165) is 49.8 Å². The highest BCUT2D eigenvalue weighted by Gasteiger charge is 2.17. The zero-order chi connectivity index (χ0) is 16.3. The van der Waals surface area contributed by atoms with Crippen LogP contribution in [0.4, 0.5) is 0 Å². The number of nitrogens with two attached hydrogens (primary N) is 1. The van der Waals surface area contributed by atoms with Crippen LogP contribution in [0.15, 0.2) is 29.3 Å². The zero-order valence-electron chi connectivity index (χ0n) is 14.5. The van der Waals surface area contributed by atoms with Crippen molar-refractivity contribution >= 4 is 5.84 Å². The van der Waals surface area contributed by atoms with Gasteiger partial charge in [-0.1, -0.05) is 39.0 Å². The van der Waals surface area contributed by atoms with Crippen LogP contribution in [0.3, 0.4) is 0 Å². The second-order valence-corrected chi connectivity index (χ2v) is 6.12. The summed E-state index contributed by atoms with van der Waals surface area (Å²) in [5.74, 6) is 2.02. The molecule has 4 nitrogen and oxygen atoms in total. The monoisotopic (exact) mass is 317 g/mol. The summed E-state index contributed by atoms with van der Waals surface area (Å²) in [6.45, 7) is 6.44. The molecule has 0 atom stereocenters. The van der Waals surface area contributed by atoms with Crippen LogP contribution in [-0.4, -0.2) is 43.5 Å². The molecule has 1 heterocycles. The molecule has 4 heteroatoms. The SMILES string of the molecule is CCCCCCCCOc1ccc(C2=NCCN2CCN)cc1. The molecule has 0 spiro atoms. The van der Waals surface area contributed by atoms with Crippen LogP contribution in [0.1, 0.15) is 51.0 Å². The van der Waals surface area contributed by atoms with Crippen molar-refractivity contribution in [3.63, 3.8) is 0 Å². The van der Waals surface area contributed by atoms with Gasteiger partial charge in [-0.2, -0.15) is 0 Å². The molecular formula is C19H31N3O. The molecular weight excluding hydrogens is 286 g/mol. The molecule has 23 heavy (non-hydrogen) atoms. The second-order valence-electron chi connectivity index (χ2n) is 6.12. The van der Waals surface area contributed by atoms with Crippen molar-refractivity contribution in [2.24, 2.45) is 10.7 Å². The Morgan fingerprint density at radius 2 is 1.83 bits per heavy atom. The minimum Gasteiger partial charge on any atom is -0.494 e. The summed E-state index contributed by atoms with van der Waals surface area (Å²) >= 11 is 0. The maximum atomic E-state index is 5.83. The van der Waals surface area contributed by atoms with Crippen molar-refractivity contribution in [2.75, 3.05) is 32.8 Å². The number of rotatable bonds is 11. The highest BCUT2D eigenvalue weighted by molar-refractivity contribution is 5.99. The van der Waals surface area contributed by atoms with Gasteiger partial charge in [0.05, 0.1) is 13.2 Å². The van der Waals surface area contributed by atoms with Gasteiger partial charge in [0.1, 0.15) is 11.6 Å². The number of unbranched alkanes of at least 4 members (excludes halogenated alkanes) is 5. The first-order chi connectivity index (χ1) is 11.3. The van der Waals surface area contributed by atoms with Gasteiger partial charge in [-0.25, -0.2) is 0 Å². The topological polar surface area (TPSA) is 50.8 Å². The van der Waals surface area contributed by atoms with Crippen molar-refractivity contribution in [3.05, 3.63) is 29.8 Å². The predicted molar refractivity (Wildman–Crippen MR) is 97.3 cm³/mol. The van der Waals surface area contributed by atoms with Gasteiger partial charge in [0, 0.05) is 25.2 Å². The lowest BCUT2D eigenvalue weighted by molar-refractivity contribution is 0.304. The Morgan fingerprint density at radius 1 is 1.09 bits per heavy atom. The molecule has 0 bridgehead atoms. The number of benzene rings is 1. The van der Waals surface area contributed by atoms with Crippen molar-refractivity contribution in [1.29, 1.82) is 0 Å². The van der Waals surface area contributed by atoms with E-state index in [9.17, 15) is 0 Å². The molecule has 1 aliphatic rings. The van der Waals surface area contributed by atoms with Gasteiger partial charge in [-0.05, 0) is 30.7 Å². The minimum absolute atomic E-state index is 0.665. The predicted octanol–water partition coefficient (Wildman–Crippen LogP) is 3.45. The first-order valence-electron chi connectivity index (χ1n) is 9.08. The highest BCUT2D eigenvalue weighted by atomic mass is 16.5. The van der Waals surface area contributed by atoms with Crippen LogP contribution in [0.5, 0.6) is 5.75 Å². The molecule has 2 N–H and O–H groups in total.